The third kappa shape index (κ3) is 10.8. The van der Waals surface area contributed by atoms with Crippen molar-refractivity contribution < 1.29 is 9.84 Å². The van der Waals surface area contributed by atoms with E-state index in [-0.39, 0.29) is 6.10 Å². The highest BCUT2D eigenvalue weighted by Crippen LogP contribution is 2.09. The van der Waals surface area contributed by atoms with Gasteiger partial charge in [-0.15, -0.1) is 0 Å². The average Bonchev–Trinajstić information content (AvgIpc) is 2.56. The van der Waals surface area contributed by atoms with Gasteiger partial charge >= 0.3 is 0 Å². The highest BCUT2D eigenvalue weighted by molar-refractivity contribution is 5.79. The standard InChI is InChI=1S/C18H38N4O2/c1-4-19-18(21-10-6-14-24-15-16(2)3)20-9-5-11-22-12-7-17(23)8-13-22/h16-17,23H,4-15H2,1-3H3,(H2,19,20,21). The molecule has 0 spiro atoms. The molecule has 6 nitrogen and oxygen atoms in total. The molecule has 1 fully saturated rings. The zero-order valence-electron chi connectivity index (χ0n) is 15.9. The Labute approximate surface area is 148 Å². The summed E-state index contributed by atoms with van der Waals surface area (Å²) < 4.78 is 5.58. The van der Waals surface area contributed by atoms with Gasteiger partial charge in [-0.2, -0.15) is 0 Å². The number of aliphatic imine (C=N–C) groups is 1. The summed E-state index contributed by atoms with van der Waals surface area (Å²) in [6.45, 7) is 13.7. The van der Waals surface area contributed by atoms with E-state index in [2.05, 4.69) is 41.3 Å². The van der Waals surface area contributed by atoms with Crippen molar-refractivity contribution in [3.63, 3.8) is 0 Å². The first-order chi connectivity index (χ1) is 11.6. The van der Waals surface area contributed by atoms with Crippen molar-refractivity contribution in [3.8, 4) is 0 Å². The summed E-state index contributed by atoms with van der Waals surface area (Å²) in [5.74, 6) is 1.49. The second-order valence-corrected chi connectivity index (χ2v) is 6.94. The minimum absolute atomic E-state index is 0.0867. The van der Waals surface area contributed by atoms with Gasteiger partial charge in [-0.3, -0.25) is 4.99 Å². The fourth-order valence-corrected chi connectivity index (χ4v) is 2.67. The van der Waals surface area contributed by atoms with E-state index < -0.39 is 0 Å². The Morgan fingerprint density at radius 3 is 2.67 bits per heavy atom. The number of hydrogen-bond acceptors (Lipinski definition) is 4. The molecular formula is C18H38N4O2. The third-order valence-electron chi connectivity index (χ3n) is 4.01. The number of ether oxygens (including phenoxy) is 1. The molecule has 1 saturated heterocycles. The number of aliphatic hydroxyl groups is 1. The summed E-state index contributed by atoms with van der Waals surface area (Å²) >= 11 is 0. The van der Waals surface area contributed by atoms with Gasteiger partial charge < -0.3 is 25.4 Å². The highest BCUT2D eigenvalue weighted by atomic mass is 16.5. The first-order valence-corrected chi connectivity index (χ1v) is 9.62. The Morgan fingerprint density at radius 1 is 1.25 bits per heavy atom. The van der Waals surface area contributed by atoms with E-state index in [1.54, 1.807) is 0 Å². The molecule has 0 bridgehead atoms. The minimum Gasteiger partial charge on any atom is -0.393 e. The van der Waals surface area contributed by atoms with E-state index in [1.807, 2.05) is 0 Å². The number of hydrogen-bond donors (Lipinski definition) is 3. The minimum atomic E-state index is -0.0867. The van der Waals surface area contributed by atoms with Crippen LogP contribution in [0.2, 0.25) is 0 Å². The number of guanidine groups is 1. The van der Waals surface area contributed by atoms with E-state index in [0.717, 1.165) is 84.1 Å². The van der Waals surface area contributed by atoms with Crippen LogP contribution in [0.3, 0.4) is 0 Å². The summed E-state index contributed by atoms with van der Waals surface area (Å²) in [5.41, 5.74) is 0. The van der Waals surface area contributed by atoms with Gasteiger partial charge in [-0.25, -0.2) is 0 Å². The second kappa shape index (κ2) is 13.4. The van der Waals surface area contributed by atoms with E-state index >= 15 is 0 Å². The highest BCUT2D eigenvalue weighted by Gasteiger charge is 2.15. The number of rotatable bonds is 11. The molecule has 0 aromatic rings. The molecule has 0 aromatic heterocycles. The maximum absolute atomic E-state index is 9.52. The first kappa shape index (κ1) is 21.2. The molecule has 24 heavy (non-hydrogen) atoms. The predicted octanol–water partition coefficient (Wildman–Crippen LogP) is 1.45. The molecule has 0 amide bonds. The molecule has 6 heteroatoms. The lowest BCUT2D eigenvalue weighted by Gasteiger charge is -2.29. The van der Waals surface area contributed by atoms with Crippen molar-refractivity contribution in [2.45, 2.75) is 52.6 Å². The van der Waals surface area contributed by atoms with Gasteiger partial charge in [-0.1, -0.05) is 13.8 Å². The molecule has 0 aromatic carbocycles. The van der Waals surface area contributed by atoms with Gasteiger partial charge in [0.2, 0.25) is 0 Å². The Hall–Kier alpha value is -0.850. The fourth-order valence-electron chi connectivity index (χ4n) is 2.67. The first-order valence-electron chi connectivity index (χ1n) is 9.62. The number of piperidine rings is 1. The third-order valence-corrected chi connectivity index (χ3v) is 4.01. The summed E-state index contributed by atoms with van der Waals surface area (Å²) in [6.07, 6.45) is 3.79. The Bertz CT molecular complexity index is 329. The Kier molecular flexibility index (Phi) is 11.9. The van der Waals surface area contributed by atoms with Gasteiger partial charge in [0.25, 0.3) is 0 Å². The Morgan fingerprint density at radius 2 is 2.00 bits per heavy atom. The summed E-state index contributed by atoms with van der Waals surface area (Å²) in [4.78, 5) is 7.03. The largest absolute Gasteiger partial charge is 0.393 e. The second-order valence-electron chi connectivity index (χ2n) is 6.94. The monoisotopic (exact) mass is 342 g/mol. The average molecular weight is 343 g/mol. The van der Waals surface area contributed by atoms with Crippen LogP contribution in [0, 0.1) is 5.92 Å². The van der Waals surface area contributed by atoms with Gasteiger partial charge in [0, 0.05) is 45.9 Å². The van der Waals surface area contributed by atoms with Crippen molar-refractivity contribution >= 4 is 5.96 Å². The van der Waals surface area contributed by atoms with Crippen molar-refractivity contribution in [2.75, 3.05) is 52.5 Å². The summed E-state index contributed by atoms with van der Waals surface area (Å²) in [5, 5.41) is 16.2. The maximum atomic E-state index is 9.52. The van der Waals surface area contributed by atoms with Crippen molar-refractivity contribution in [2.24, 2.45) is 10.9 Å². The molecule has 0 unspecified atom stereocenters. The molecule has 0 radical (unpaired) electrons. The maximum Gasteiger partial charge on any atom is 0.191 e. The predicted molar refractivity (Wildman–Crippen MR) is 101 cm³/mol. The smallest absolute Gasteiger partial charge is 0.191 e. The lowest BCUT2D eigenvalue weighted by molar-refractivity contribution is 0.0823. The number of nitrogens with zero attached hydrogens (tertiary/aromatic N) is 2. The van der Waals surface area contributed by atoms with Crippen LogP contribution in [0.5, 0.6) is 0 Å². The van der Waals surface area contributed by atoms with Gasteiger partial charge in [0.15, 0.2) is 5.96 Å². The zero-order chi connectivity index (χ0) is 17.6. The molecular weight excluding hydrogens is 304 g/mol. The number of likely N-dealkylation sites (tertiary alicyclic amines) is 1. The van der Waals surface area contributed by atoms with Crippen LogP contribution < -0.4 is 10.6 Å². The van der Waals surface area contributed by atoms with Crippen molar-refractivity contribution in [1.29, 1.82) is 0 Å². The fraction of sp³-hybridized carbons (Fsp3) is 0.944. The van der Waals surface area contributed by atoms with Crippen LogP contribution in [-0.2, 0) is 4.74 Å². The zero-order valence-corrected chi connectivity index (χ0v) is 15.9. The molecule has 1 heterocycles. The van der Waals surface area contributed by atoms with Crippen molar-refractivity contribution in [3.05, 3.63) is 0 Å². The number of aliphatic hydroxyl groups excluding tert-OH is 1. The van der Waals surface area contributed by atoms with Crippen LogP contribution in [-0.4, -0.2) is 74.6 Å². The number of nitrogens with one attached hydrogen (secondary N) is 2. The van der Waals surface area contributed by atoms with Crippen LogP contribution in [0.4, 0.5) is 0 Å². The van der Waals surface area contributed by atoms with Crippen LogP contribution in [0.15, 0.2) is 4.99 Å². The topological polar surface area (TPSA) is 69.1 Å². The molecule has 142 valence electrons. The summed E-state index contributed by atoms with van der Waals surface area (Å²) in [6, 6.07) is 0. The van der Waals surface area contributed by atoms with E-state index in [9.17, 15) is 5.11 Å². The van der Waals surface area contributed by atoms with Gasteiger partial charge in [-0.05, 0) is 45.1 Å². The normalized spacial score (nSPS) is 17.5. The quantitative estimate of drug-likeness (QED) is 0.301. The van der Waals surface area contributed by atoms with Crippen LogP contribution in [0.25, 0.3) is 0 Å². The SMILES string of the molecule is CCNC(=NCCCOCC(C)C)NCCCN1CCC(O)CC1. The van der Waals surface area contributed by atoms with Crippen LogP contribution in [0.1, 0.15) is 46.5 Å². The van der Waals surface area contributed by atoms with E-state index in [1.165, 1.54) is 0 Å². The summed E-state index contributed by atoms with van der Waals surface area (Å²) in [7, 11) is 0. The molecule has 0 aliphatic carbocycles. The van der Waals surface area contributed by atoms with E-state index in [0.29, 0.717) is 5.92 Å². The van der Waals surface area contributed by atoms with Crippen molar-refractivity contribution in [1.82, 2.24) is 15.5 Å². The lowest BCUT2D eigenvalue weighted by Crippen LogP contribution is -2.40. The molecule has 1 aliphatic rings. The molecule has 1 rings (SSSR count). The molecule has 1 aliphatic heterocycles. The van der Waals surface area contributed by atoms with Gasteiger partial charge in [0.1, 0.15) is 0 Å². The lowest BCUT2D eigenvalue weighted by atomic mass is 10.1. The molecule has 0 atom stereocenters. The Balaban J connectivity index is 2.09. The van der Waals surface area contributed by atoms with Gasteiger partial charge in [0.05, 0.1) is 6.10 Å². The van der Waals surface area contributed by atoms with E-state index in [4.69, 9.17) is 4.74 Å². The molecule has 3 N–H and O–H groups in total. The van der Waals surface area contributed by atoms with Crippen LogP contribution >= 0.6 is 0 Å². The molecule has 0 saturated carbocycles.